The molecule has 1 aliphatic carbocycles. The van der Waals surface area contributed by atoms with Crippen LogP contribution in [0.2, 0.25) is 0 Å². The fourth-order valence-electron chi connectivity index (χ4n) is 2.75. The molecule has 2 aromatic rings. The van der Waals surface area contributed by atoms with Crippen molar-refractivity contribution >= 4 is 34.0 Å². The van der Waals surface area contributed by atoms with Gasteiger partial charge >= 0.3 is 0 Å². The van der Waals surface area contributed by atoms with Gasteiger partial charge in [0.2, 0.25) is 11.8 Å². The molecular weight excluding hydrogens is 298 g/mol. The van der Waals surface area contributed by atoms with Crippen molar-refractivity contribution < 1.29 is 9.59 Å². The van der Waals surface area contributed by atoms with Gasteiger partial charge in [0.05, 0.1) is 11.6 Å². The fourth-order valence-corrected chi connectivity index (χ4v) is 3.54. The van der Waals surface area contributed by atoms with Gasteiger partial charge in [-0.3, -0.25) is 9.59 Å². The van der Waals surface area contributed by atoms with E-state index >= 15 is 0 Å². The Morgan fingerprint density at radius 3 is 2.95 bits per heavy atom. The van der Waals surface area contributed by atoms with Crippen LogP contribution in [-0.4, -0.2) is 16.8 Å². The molecule has 1 aromatic heterocycles. The molecule has 1 aliphatic heterocycles. The normalized spacial score (nSPS) is 20.2. The lowest BCUT2D eigenvalue weighted by atomic mass is 9.90. The van der Waals surface area contributed by atoms with Crippen LogP contribution in [0.1, 0.15) is 42.4 Å². The van der Waals surface area contributed by atoms with Crippen molar-refractivity contribution in [1.82, 2.24) is 4.98 Å². The fraction of sp³-hybridized carbons (Fsp3) is 0.312. The molecule has 0 unspecified atom stereocenters. The maximum atomic E-state index is 12.5. The molecule has 1 saturated carbocycles. The van der Waals surface area contributed by atoms with E-state index < -0.39 is 5.92 Å². The standard InChI is InChI=1S/C16H15N3O2S/c20-14-7-11(10-3-1-2-4-12(10)17-14)15(21)19-16-18-13(8-22-16)9-5-6-9/h1-4,8-9,11H,5-7H2,(H,17,20)(H,18,19,21)/t11-/m0/s1. The van der Waals surface area contributed by atoms with Crippen LogP contribution in [0.5, 0.6) is 0 Å². The Bertz CT molecular complexity index is 751. The summed E-state index contributed by atoms with van der Waals surface area (Å²) in [7, 11) is 0. The number of nitrogens with zero attached hydrogens (tertiary/aromatic N) is 1. The molecule has 5 nitrogen and oxygen atoms in total. The molecule has 0 spiro atoms. The first-order valence-electron chi connectivity index (χ1n) is 7.36. The van der Waals surface area contributed by atoms with Crippen LogP contribution in [0, 0.1) is 0 Å². The van der Waals surface area contributed by atoms with E-state index in [2.05, 4.69) is 15.6 Å². The number of thiazole rings is 1. The van der Waals surface area contributed by atoms with Crippen molar-refractivity contribution in [3.05, 3.63) is 40.9 Å². The lowest BCUT2D eigenvalue weighted by Crippen LogP contribution is -2.30. The summed E-state index contributed by atoms with van der Waals surface area (Å²) >= 11 is 1.45. The highest BCUT2D eigenvalue weighted by atomic mass is 32.1. The zero-order valence-electron chi connectivity index (χ0n) is 11.8. The minimum absolute atomic E-state index is 0.128. The number of carbonyl (C=O) groups is 2. The number of rotatable bonds is 3. The van der Waals surface area contributed by atoms with Gasteiger partial charge in [0.25, 0.3) is 0 Å². The molecule has 1 aromatic carbocycles. The molecule has 2 aliphatic rings. The van der Waals surface area contributed by atoms with E-state index in [0.717, 1.165) is 16.9 Å². The second kappa shape index (κ2) is 5.21. The van der Waals surface area contributed by atoms with Crippen molar-refractivity contribution in [2.45, 2.75) is 31.1 Å². The lowest BCUT2D eigenvalue weighted by Gasteiger charge is -2.24. The molecule has 112 valence electrons. The van der Waals surface area contributed by atoms with Gasteiger partial charge in [0.15, 0.2) is 5.13 Å². The summed E-state index contributed by atoms with van der Waals surface area (Å²) in [5, 5.41) is 8.30. The van der Waals surface area contributed by atoms with Crippen LogP contribution < -0.4 is 10.6 Å². The number of hydrogen-bond acceptors (Lipinski definition) is 4. The quantitative estimate of drug-likeness (QED) is 0.914. The highest BCUT2D eigenvalue weighted by Gasteiger charge is 2.31. The third-order valence-electron chi connectivity index (χ3n) is 4.06. The van der Waals surface area contributed by atoms with E-state index in [-0.39, 0.29) is 18.2 Å². The van der Waals surface area contributed by atoms with Crippen LogP contribution in [0.3, 0.4) is 0 Å². The predicted octanol–water partition coefficient (Wildman–Crippen LogP) is 3.09. The van der Waals surface area contributed by atoms with Crippen molar-refractivity contribution in [3.63, 3.8) is 0 Å². The second-order valence-corrected chi connectivity index (χ2v) is 6.59. The maximum Gasteiger partial charge on any atom is 0.234 e. The lowest BCUT2D eigenvalue weighted by molar-refractivity contribution is -0.123. The first kappa shape index (κ1) is 13.5. The van der Waals surface area contributed by atoms with Gasteiger partial charge in [-0.25, -0.2) is 4.98 Å². The topological polar surface area (TPSA) is 71.1 Å². The highest BCUT2D eigenvalue weighted by molar-refractivity contribution is 7.13. The minimum Gasteiger partial charge on any atom is -0.326 e. The van der Waals surface area contributed by atoms with Crippen LogP contribution in [0.15, 0.2) is 29.6 Å². The Kier molecular flexibility index (Phi) is 3.18. The van der Waals surface area contributed by atoms with E-state index in [4.69, 9.17) is 0 Å². The van der Waals surface area contributed by atoms with Crippen LogP contribution in [-0.2, 0) is 9.59 Å². The van der Waals surface area contributed by atoms with Gasteiger partial charge < -0.3 is 10.6 Å². The number of nitrogens with one attached hydrogen (secondary N) is 2. The van der Waals surface area contributed by atoms with Crippen molar-refractivity contribution in [2.24, 2.45) is 0 Å². The number of carbonyl (C=O) groups excluding carboxylic acids is 2. The molecule has 22 heavy (non-hydrogen) atoms. The number of hydrogen-bond donors (Lipinski definition) is 2. The monoisotopic (exact) mass is 313 g/mol. The summed E-state index contributed by atoms with van der Waals surface area (Å²) in [5.74, 6) is -0.183. The van der Waals surface area contributed by atoms with Crippen molar-refractivity contribution in [3.8, 4) is 0 Å². The predicted molar refractivity (Wildman–Crippen MR) is 85.1 cm³/mol. The largest absolute Gasteiger partial charge is 0.326 e. The van der Waals surface area contributed by atoms with Gasteiger partial charge in [-0.05, 0) is 24.5 Å². The van der Waals surface area contributed by atoms with Crippen LogP contribution >= 0.6 is 11.3 Å². The van der Waals surface area contributed by atoms with Gasteiger partial charge in [0, 0.05) is 23.4 Å². The number of para-hydroxylation sites is 1. The third kappa shape index (κ3) is 2.50. The van der Waals surface area contributed by atoms with Crippen molar-refractivity contribution in [1.29, 1.82) is 0 Å². The Labute approximate surface area is 131 Å². The molecule has 1 atom stereocenters. The van der Waals surface area contributed by atoms with Crippen molar-refractivity contribution in [2.75, 3.05) is 10.6 Å². The number of benzene rings is 1. The number of amides is 2. The molecule has 6 heteroatoms. The molecule has 2 heterocycles. The molecule has 0 saturated heterocycles. The zero-order chi connectivity index (χ0) is 15.1. The average molecular weight is 313 g/mol. The van der Waals surface area contributed by atoms with E-state index in [1.807, 2.05) is 29.6 Å². The van der Waals surface area contributed by atoms with Crippen LogP contribution in [0.4, 0.5) is 10.8 Å². The van der Waals surface area contributed by atoms with Gasteiger partial charge in [-0.2, -0.15) is 0 Å². The Morgan fingerprint density at radius 1 is 1.32 bits per heavy atom. The average Bonchev–Trinajstić information content (AvgIpc) is 3.26. The number of aromatic nitrogens is 1. The summed E-state index contributed by atoms with van der Waals surface area (Å²) in [5.41, 5.74) is 2.65. The second-order valence-electron chi connectivity index (χ2n) is 5.73. The summed E-state index contributed by atoms with van der Waals surface area (Å²) in [6.45, 7) is 0. The first-order valence-corrected chi connectivity index (χ1v) is 8.24. The van der Waals surface area contributed by atoms with E-state index in [9.17, 15) is 9.59 Å². The molecule has 0 bridgehead atoms. The molecule has 2 amide bonds. The van der Waals surface area contributed by atoms with E-state index in [1.165, 1.54) is 24.2 Å². The summed E-state index contributed by atoms with van der Waals surface area (Å²) in [6.07, 6.45) is 2.55. The van der Waals surface area contributed by atoms with Gasteiger partial charge in [-0.1, -0.05) is 18.2 Å². The first-order chi connectivity index (χ1) is 10.7. The Balaban J connectivity index is 1.55. The highest BCUT2D eigenvalue weighted by Crippen LogP contribution is 2.41. The van der Waals surface area contributed by atoms with E-state index in [0.29, 0.717) is 11.0 Å². The molecule has 2 N–H and O–H groups in total. The Hall–Kier alpha value is -2.21. The SMILES string of the molecule is O=C1C[C@H](C(=O)Nc2nc(C3CC3)cs2)c2ccccc2N1. The summed E-state index contributed by atoms with van der Waals surface area (Å²) in [4.78, 5) is 28.8. The Morgan fingerprint density at radius 2 is 2.14 bits per heavy atom. The van der Waals surface area contributed by atoms with E-state index in [1.54, 1.807) is 0 Å². The van der Waals surface area contributed by atoms with Crippen LogP contribution in [0.25, 0.3) is 0 Å². The molecule has 4 rings (SSSR count). The number of fused-ring (bicyclic) bond motifs is 1. The molecule has 1 fully saturated rings. The molecule has 0 radical (unpaired) electrons. The van der Waals surface area contributed by atoms with Gasteiger partial charge in [-0.15, -0.1) is 11.3 Å². The smallest absolute Gasteiger partial charge is 0.234 e. The maximum absolute atomic E-state index is 12.5. The number of anilines is 2. The minimum atomic E-state index is -0.460. The van der Waals surface area contributed by atoms with Gasteiger partial charge in [0.1, 0.15) is 0 Å². The third-order valence-corrected chi connectivity index (χ3v) is 4.84. The summed E-state index contributed by atoms with van der Waals surface area (Å²) < 4.78 is 0. The zero-order valence-corrected chi connectivity index (χ0v) is 12.7. The molecular formula is C16H15N3O2S. The summed E-state index contributed by atoms with van der Waals surface area (Å²) in [6, 6.07) is 7.44.